The van der Waals surface area contributed by atoms with E-state index in [2.05, 4.69) is 5.32 Å². The number of phenols is 1. The summed E-state index contributed by atoms with van der Waals surface area (Å²) in [4.78, 5) is 0. The lowest BCUT2D eigenvalue weighted by Crippen LogP contribution is -2.32. The van der Waals surface area contributed by atoms with Crippen molar-refractivity contribution in [1.29, 1.82) is 0 Å². The van der Waals surface area contributed by atoms with Crippen molar-refractivity contribution in [2.45, 2.75) is 19.4 Å². The van der Waals surface area contributed by atoms with E-state index in [-0.39, 0.29) is 24.8 Å². The number of aryl methyl sites for hydroxylation is 1. The Morgan fingerprint density at radius 3 is 2.68 bits per heavy atom. The van der Waals surface area contributed by atoms with Gasteiger partial charge in [-0.25, -0.2) is 0 Å². The number of ether oxygens (including phenoxy) is 2. The van der Waals surface area contributed by atoms with Gasteiger partial charge in [0.1, 0.15) is 18.5 Å². The maximum absolute atomic E-state index is 9.95. The maximum Gasteiger partial charge on any atom is 0.160 e. The molecule has 0 saturated carbocycles. The van der Waals surface area contributed by atoms with Crippen LogP contribution in [0.25, 0.3) is 0 Å². The summed E-state index contributed by atoms with van der Waals surface area (Å²) < 4.78 is 10.7. The van der Waals surface area contributed by atoms with E-state index in [4.69, 9.17) is 9.47 Å². The van der Waals surface area contributed by atoms with Crippen LogP contribution in [0, 0.1) is 6.92 Å². The number of aromatic hydroxyl groups is 1. The first-order valence-electron chi connectivity index (χ1n) is 8.02. The summed E-state index contributed by atoms with van der Waals surface area (Å²) in [6, 6.07) is 13.1. The summed E-state index contributed by atoms with van der Waals surface area (Å²) in [6.07, 6.45) is 0.210. The number of methoxy groups -OCH3 is 1. The van der Waals surface area contributed by atoms with Gasteiger partial charge in [0, 0.05) is 6.54 Å². The molecule has 138 valence electrons. The number of nitrogens with one attached hydrogen (secondary N) is 1. The first-order chi connectivity index (χ1) is 11.6. The number of hydrogen-bond donors (Lipinski definition) is 3. The molecule has 0 aliphatic heterocycles. The Hall–Kier alpha value is -1.95. The third-order valence-electron chi connectivity index (χ3n) is 3.65. The van der Waals surface area contributed by atoms with Gasteiger partial charge in [0.15, 0.2) is 11.5 Å². The van der Waals surface area contributed by atoms with E-state index in [1.54, 1.807) is 6.07 Å². The van der Waals surface area contributed by atoms with E-state index in [0.717, 1.165) is 29.8 Å². The smallest absolute Gasteiger partial charge is 0.160 e. The van der Waals surface area contributed by atoms with Crippen molar-refractivity contribution >= 4 is 12.4 Å². The van der Waals surface area contributed by atoms with Crippen molar-refractivity contribution in [3.8, 4) is 17.2 Å². The second-order valence-electron chi connectivity index (χ2n) is 5.74. The van der Waals surface area contributed by atoms with Crippen LogP contribution < -0.4 is 14.8 Å². The maximum atomic E-state index is 9.95. The van der Waals surface area contributed by atoms with E-state index in [9.17, 15) is 10.2 Å². The fraction of sp³-hybridized carbons (Fsp3) is 0.368. The number of halogens is 1. The highest BCUT2D eigenvalue weighted by Gasteiger charge is 2.06. The van der Waals surface area contributed by atoms with Crippen molar-refractivity contribution < 1.29 is 19.7 Å². The Labute approximate surface area is 155 Å². The summed E-state index contributed by atoms with van der Waals surface area (Å²) in [5.41, 5.74) is 2.19. The molecule has 0 bridgehead atoms. The quantitative estimate of drug-likeness (QED) is 0.594. The molecule has 0 spiro atoms. The average molecular weight is 368 g/mol. The minimum Gasteiger partial charge on any atom is -0.504 e. The molecule has 0 fully saturated rings. The minimum absolute atomic E-state index is 0. The summed E-state index contributed by atoms with van der Waals surface area (Å²) >= 11 is 0. The van der Waals surface area contributed by atoms with Crippen LogP contribution in [0.15, 0.2) is 42.5 Å². The first kappa shape index (κ1) is 21.1. The van der Waals surface area contributed by atoms with Gasteiger partial charge in [-0.1, -0.05) is 18.2 Å². The zero-order valence-electron chi connectivity index (χ0n) is 14.6. The lowest BCUT2D eigenvalue weighted by atomic mass is 10.1. The van der Waals surface area contributed by atoms with E-state index in [0.29, 0.717) is 12.3 Å². The SMILES string of the molecule is COc1cc(CCNCC(O)COc2cccc(C)c2)ccc1O.Cl. The highest BCUT2D eigenvalue weighted by Crippen LogP contribution is 2.26. The van der Waals surface area contributed by atoms with Gasteiger partial charge in [-0.15, -0.1) is 12.4 Å². The molecule has 0 aliphatic carbocycles. The van der Waals surface area contributed by atoms with Crippen molar-refractivity contribution in [3.05, 3.63) is 53.6 Å². The number of phenolic OH excluding ortho intramolecular Hbond substituents is 1. The highest BCUT2D eigenvalue weighted by atomic mass is 35.5. The number of aliphatic hydroxyl groups excluding tert-OH is 1. The van der Waals surface area contributed by atoms with Crippen molar-refractivity contribution in [3.63, 3.8) is 0 Å². The lowest BCUT2D eigenvalue weighted by Gasteiger charge is -2.14. The van der Waals surface area contributed by atoms with Crippen LogP contribution in [0.2, 0.25) is 0 Å². The normalized spacial score (nSPS) is 11.5. The second kappa shape index (κ2) is 10.8. The summed E-state index contributed by atoms with van der Waals surface area (Å²) in [5, 5.41) is 22.7. The molecular weight excluding hydrogens is 342 g/mol. The highest BCUT2D eigenvalue weighted by molar-refractivity contribution is 5.85. The zero-order chi connectivity index (χ0) is 17.4. The minimum atomic E-state index is -0.570. The molecule has 25 heavy (non-hydrogen) atoms. The molecule has 6 heteroatoms. The van der Waals surface area contributed by atoms with Crippen molar-refractivity contribution in [2.24, 2.45) is 0 Å². The molecule has 2 aromatic carbocycles. The van der Waals surface area contributed by atoms with Gasteiger partial charge in [0.25, 0.3) is 0 Å². The fourth-order valence-corrected chi connectivity index (χ4v) is 2.34. The molecule has 0 aromatic heterocycles. The molecule has 0 radical (unpaired) electrons. The van der Waals surface area contributed by atoms with Gasteiger partial charge in [0.05, 0.1) is 7.11 Å². The lowest BCUT2D eigenvalue weighted by molar-refractivity contribution is 0.106. The molecule has 2 aromatic rings. The molecule has 0 amide bonds. The zero-order valence-corrected chi connectivity index (χ0v) is 15.4. The van der Waals surface area contributed by atoms with Gasteiger partial charge in [0.2, 0.25) is 0 Å². The van der Waals surface area contributed by atoms with Crippen LogP contribution in [0.1, 0.15) is 11.1 Å². The van der Waals surface area contributed by atoms with Gasteiger partial charge in [-0.3, -0.25) is 0 Å². The average Bonchev–Trinajstić information content (AvgIpc) is 2.58. The fourth-order valence-electron chi connectivity index (χ4n) is 2.34. The van der Waals surface area contributed by atoms with Crippen LogP contribution >= 0.6 is 12.4 Å². The first-order valence-corrected chi connectivity index (χ1v) is 8.02. The van der Waals surface area contributed by atoms with Crippen molar-refractivity contribution in [2.75, 3.05) is 26.8 Å². The molecule has 0 aliphatic rings. The molecule has 0 saturated heterocycles. The molecule has 3 N–H and O–H groups in total. The number of hydrogen-bond acceptors (Lipinski definition) is 5. The number of aliphatic hydroxyl groups is 1. The Kier molecular flexibility index (Phi) is 9.13. The molecular formula is C19H26ClNO4. The van der Waals surface area contributed by atoms with Gasteiger partial charge < -0.3 is 25.0 Å². The van der Waals surface area contributed by atoms with Gasteiger partial charge in [-0.05, 0) is 55.3 Å². The van der Waals surface area contributed by atoms with E-state index < -0.39 is 6.10 Å². The van der Waals surface area contributed by atoms with Crippen LogP contribution in [-0.4, -0.2) is 43.1 Å². The molecule has 2 rings (SSSR count). The van der Waals surface area contributed by atoms with E-state index in [1.165, 1.54) is 7.11 Å². The standard InChI is InChI=1S/C19H25NO4.ClH/c1-14-4-3-5-17(10-14)24-13-16(21)12-20-9-8-15-6-7-18(22)19(11-15)23-2;/h3-7,10-11,16,20-22H,8-9,12-13H2,1-2H3;1H. The molecule has 5 nitrogen and oxygen atoms in total. The Morgan fingerprint density at radius 2 is 1.96 bits per heavy atom. The topological polar surface area (TPSA) is 71.0 Å². The van der Waals surface area contributed by atoms with Crippen molar-refractivity contribution in [1.82, 2.24) is 5.32 Å². The predicted molar refractivity (Wildman–Crippen MR) is 101 cm³/mol. The summed E-state index contributed by atoms with van der Waals surface area (Å²) in [5.74, 6) is 1.38. The second-order valence-corrected chi connectivity index (χ2v) is 5.74. The molecule has 0 heterocycles. The largest absolute Gasteiger partial charge is 0.504 e. The Balaban J connectivity index is 0.00000312. The van der Waals surface area contributed by atoms with Crippen LogP contribution in [-0.2, 0) is 6.42 Å². The monoisotopic (exact) mass is 367 g/mol. The number of rotatable bonds is 9. The van der Waals surface area contributed by atoms with Gasteiger partial charge in [-0.2, -0.15) is 0 Å². The van der Waals surface area contributed by atoms with E-state index >= 15 is 0 Å². The molecule has 1 atom stereocenters. The van der Waals surface area contributed by atoms with Crippen LogP contribution in [0.5, 0.6) is 17.2 Å². The summed E-state index contributed by atoms with van der Waals surface area (Å²) in [7, 11) is 1.53. The van der Waals surface area contributed by atoms with Crippen LogP contribution in [0.4, 0.5) is 0 Å². The third-order valence-corrected chi connectivity index (χ3v) is 3.65. The third kappa shape index (κ3) is 7.22. The van der Waals surface area contributed by atoms with Crippen LogP contribution in [0.3, 0.4) is 0 Å². The molecule has 1 unspecified atom stereocenters. The Bertz CT molecular complexity index is 651. The summed E-state index contributed by atoms with van der Waals surface area (Å²) in [6.45, 7) is 3.43. The van der Waals surface area contributed by atoms with Gasteiger partial charge >= 0.3 is 0 Å². The van der Waals surface area contributed by atoms with E-state index in [1.807, 2.05) is 43.3 Å². The predicted octanol–water partition coefficient (Wildman–Crippen LogP) is 2.70. The number of benzene rings is 2. The Morgan fingerprint density at radius 1 is 1.16 bits per heavy atom.